The fourth-order valence-electron chi connectivity index (χ4n) is 2.47. The summed E-state index contributed by atoms with van der Waals surface area (Å²) >= 11 is 1.40. The van der Waals surface area contributed by atoms with Gasteiger partial charge in [0, 0.05) is 37.2 Å². The summed E-state index contributed by atoms with van der Waals surface area (Å²) in [6, 6.07) is 7.00. The van der Waals surface area contributed by atoms with Crippen molar-refractivity contribution < 1.29 is 14.3 Å². The van der Waals surface area contributed by atoms with Gasteiger partial charge in [0.1, 0.15) is 11.4 Å². The molecular weight excluding hydrogens is 328 g/mol. The molecule has 3 rings (SSSR count). The molecule has 1 aromatic carbocycles. The number of aromatic nitrogens is 1. The van der Waals surface area contributed by atoms with Gasteiger partial charge < -0.3 is 19.9 Å². The van der Waals surface area contributed by atoms with E-state index in [1.165, 1.54) is 11.3 Å². The molecule has 7 nitrogen and oxygen atoms in total. The molecule has 3 amide bonds. The van der Waals surface area contributed by atoms with Crippen LogP contribution in [0.4, 0.5) is 10.5 Å². The van der Waals surface area contributed by atoms with E-state index >= 15 is 0 Å². The maximum absolute atomic E-state index is 12.3. The first-order valence-electron chi connectivity index (χ1n) is 7.55. The SMILES string of the molecule is COc1ccc(NC(=O)N2CCN(C(=O)c3cscn3)CC2)cc1. The quantitative estimate of drug-likeness (QED) is 0.924. The fourth-order valence-corrected chi connectivity index (χ4v) is 3.00. The minimum atomic E-state index is -0.166. The van der Waals surface area contributed by atoms with E-state index in [4.69, 9.17) is 4.74 Å². The third-order valence-corrected chi connectivity index (χ3v) is 4.43. The van der Waals surface area contributed by atoms with Crippen LogP contribution in [0, 0.1) is 0 Å². The molecule has 0 radical (unpaired) electrons. The number of carbonyl (C=O) groups is 2. The van der Waals surface area contributed by atoms with Crippen LogP contribution in [0.25, 0.3) is 0 Å². The summed E-state index contributed by atoms with van der Waals surface area (Å²) in [7, 11) is 1.60. The number of nitrogens with zero attached hydrogens (tertiary/aromatic N) is 3. The highest BCUT2D eigenvalue weighted by atomic mass is 32.1. The highest BCUT2D eigenvalue weighted by Gasteiger charge is 2.25. The average molecular weight is 346 g/mol. The Balaban J connectivity index is 1.52. The van der Waals surface area contributed by atoms with Gasteiger partial charge in [0.25, 0.3) is 5.91 Å². The van der Waals surface area contributed by atoms with E-state index in [0.717, 1.165) is 5.75 Å². The summed E-state index contributed by atoms with van der Waals surface area (Å²) in [5.41, 5.74) is 2.82. The van der Waals surface area contributed by atoms with Gasteiger partial charge in [-0.2, -0.15) is 0 Å². The monoisotopic (exact) mass is 346 g/mol. The molecule has 2 heterocycles. The maximum Gasteiger partial charge on any atom is 0.321 e. The van der Waals surface area contributed by atoms with Crippen LogP contribution in [-0.4, -0.2) is 60.0 Å². The van der Waals surface area contributed by atoms with Crippen molar-refractivity contribution in [1.29, 1.82) is 0 Å². The lowest BCUT2D eigenvalue weighted by Crippen LogP contribution is -2.51. The molecule has 0 bridgehead atoms. The molecule has 0 saturated carbocycles. The molecule has 1 aromatic heterocycles. The van der Waals surface area contributed by atoms with E-state index in [1.54, 1.807) is 52.1 Å². The standard InChI is InChI=1S/C16H18N4O3S/c1-23-13-4-2-12(3-5-13)18-16(22)20-8-6-19(7-9-20)15(21)14-10-24-11-17-14/h2-5,10-11H,6-9H2,1H3,(H,18,22). The fraction of sp³-hybridized carbons (Fsp3) is 0.312. The molecule has 2 aromatic rings. The first-order chi connectivity index (χ1) is 11.7. The predicted octanol–water partition coefficient (Wildman–Crippen LogP) is 2.14. The number of ether oxygens (including phenoxy) is 1. The number of methoxy groups -OCH3 is 1. The Bertz CT molecular complexity index is 695. The Kier molecular flexibility index (Phi) is 4.95. The van der Waals surface area contributed by atoms with E-state index < -0.39 is 0 Å². The molecule has 8 heteroatoms. The molecule has 126 valence electrons. The van der Waals surface area contributed by atoms with Crippen molar-refractivity contribution in [2.45, 2.75) is 0 Å². The minimum Gasteiger partial charge on any atom is -0.497 e. The number of benzene rings is 1. The van der Waals surface area contributed by atoms with Gasteiger partial charge in [-0.1, -0.05) is 0 Å². The number of piperazine rings is 1. The molecule has 1 N–H and O–H groups in total. The smallest absolute Gasteiger partial charge is 0.321 e. The van der Waals surface area contributed by atoms with E-state index in [2.05, 4.69) is 10.3 Å². The highest BCUT2D eigenvalue weighted by molar-refractivity contribution is 7.07. The number of rotatable bonds is 3. The summed E-state index contributed by atoms with van der Waals surface area (Å²) in [6.07, 6.45) is 0. The second-order valence-corrected chi connectivity index (χ2v) is 6.03. The van der Waals surface area contributed by atoms with E-state index in [-0.39, 0.29) is 11.9 Å². The average Bonchev–Trinajstić information content (AvgIpc) is 3.16. The molecule has 0 spiro atoms. The van der Waals surface area contributed by atoms with Crippen LogP contribution in [0.2, 0.25) is 0 Å². The zero-order chi connectivity index (χ0) is 16.9. The van der Waals surface area contributed by atoms with Gasteiger partial charge in [-0.05, 0) is 24.3 Å². The topological polar surface area (TPSA) is 74.8 Å². The van der Waals surface area contributed by atoms with Crippen LogP contribution in [-0.2, 0) is 0 Å². The second kappa shape index (κ2) is 7.31. The summed E-state index contributed by atoms with van der Waals surface area (Å²) in [5, 5.41) is 4.59. The van der Waals surface area contributed by atoms with E-state index in [1.807, 2.05) is 0 Å². The number of hydrogen-bond donors (Lipinski definition) is 1. The Hall–Kier alpha value is -2.61. The van der Waals surface area contributed by atoms with Gasteiger partial charge in [0.05, 0.1) is 12.6 Å². The van der Waals surface area contributed by atoms with Crippen molar-refractivity contribution in [2.75, 3.05) is 38.6 Å². The van der Waals surface area contributed by atoms with Crippen molar-refractivity contribution in [3.05, 3.63) is 40.8 Å². The zero-order valence-corrected chi connectivity index (χ0v) is 14.1. The van der Waals surface area contributed by atoms with Crippen molar-refractivity contribution in [2.24, 2.45) is 0 Å². The summed E-state index contributed by atoms with van der Waals surface area (Å²) < 4.78 is 5.09. The minimum absolute atomic E-state index is 0.0773. The lowest BCUT2D eigenvalue weighted by atomic mass is 10.3. The lowest BCUT2D eigenvalue weighted by Gasteiger charge is -2.34. The number of thiazole rings is 1. The molecule has 0 unspecified atom stereocenters. The van der Waals surface area contributed by atoms with Crippen LogP contribution in [0.5, 0.6) is 5.75 Å². The number of amides is 3. The normalized spacial score (nSPS) is 14.4. The lowest BCUT2D eigenvalue weighted by molar-refractivity contribution is 0.0666. The first-order valence-corrected chi connectivity index (χ1v) is 8.49. The van der Waals surface area contributed by atoms with Gasteiger partial charge >= 0.3 is 6.03 Å². The Morgan fingerprint density at radius 1 is 1.12 bits per heavy atom. The second-order valence-electron chi connectivity index (χ2n) is 5.31. The molecule has 0 aliphatic carbocycles. The largest absolute Gasteiger partial charge is 0.497 e. The van der Waals surface area contributed by atoms with Crippen LogP contribution in [0.15, 0.2) is 35.2 Å². The summed E-state index contributed by atoms with van der Waals surface area (Å²) in [5.74, 6) is 0.661. The van der Waals surface area contributed by atoms with Gasteiger partial charge in [0.2, 0.25) is 0 Å². The van der Waals surface area contributed by atoms with Crippen LogP contribution < -0.4 is 10.1 Å². The molecular formula is C16H18N4O3S. The van der Waals surface area contributed by atoms with Gasteiger partial charge in [-0.15, -0.1) is 11.3 Å². The van der Waals surface area contributed by atoms with Crippen LogP contribution in [0.1, 0.15) is 10.5 Å². The van der Waals surface area contributed by atoms with Crippen LogP contribution in [0.3, 0.4) is 0 Å². The number of hydrogen-bond acceptors (Lipinski definition) is 5. The van der Waals surface area contributed by atoms with Crippen LogP contribution >= 0.6 is 11.3 Å². The Morgan fingerprint density at radius 2 is 1.79 bits per heavy atom. The predicted molar refractivity (Wildman–Crippen MR) is 91.6 cm³/mol. The van der Waals surface area contributed by atoms with E-state index in [0.29, 0.717) is 37.6 Å². The van der Waals surface area contributed by atoms with Gasteiger partial charge in [-0.25, -0.2) is 9.78 Å². The maximum atomic E-state index is 12.3. The molecule has 24 heavy (non-hydrogen) atoms. The molecule has 1 aliphatic rings. The third kappa shape index (κ3) is 3.65. The van der Waals surface area contributed by atoms with Crippen molar-refractivity contribution in [1.82, 2.24) is 14.8 Å². The van der Waals surface area contributed by atoms with Crippen molar-refractivity contribution in [3.63, 3.8) is 0 Å². The summed E-state index contributed by atoms with van der Waals surface area (Å²) in [6.45, 7) is 2.01. The highest BCUT2D eigenvalue weighted by Crippen LogP contribution is 2.16. The molecule has 1 aliphatic heterocycles. The zero-order valence-electron chi connectivity index (χ0n) is 13.3. The number of nitrogens with one attached hydrogen (secondary N) is 1. The first kappa shape index (κ1) is 16.3. The molecule has 1 saturated heterocycles. The Morgan fingerprint density at radius 3 is 2.38 bits per heavy atom. The number of carbonyl (C=O) groups excluding carboxylic acids is 2. The molecule has 0 atom stereocenters. The molecule has 1 fully saturated rings. The number of urea groups is 1. The van der Waals surface area contributed by atoms with Crippen molar-refractivity contribution in [3.8, 4) is 5.75 Å². The van der Waals surface area contributed by atoms with Crippen molar-refractivity contribution >= 4 is 29.0 Å². The Labute approximate surface area is 143 Å². The summed E-state index contributed by atoms with van der Waals surface area (Å²) in [4.78, 5) is 32.0. The van der Waals surface area contributed by atoms with E-state index in [9.17, 15) is 9.59 Å². The van der Waals surface area contributed by atoms with Gasteiger partial charge in [-0.3, -0.25) is 4.79 Å². The van der Waals surface area contributed by atoms with Gasteiger partial charge in [0.15, 0.2) is 0 Å². The number of anilines is 1. The third-order valence-electron chi connectivity index (χ3n) is 3.85.